The van der Waals surface area contributed by atoms with E-state index in [1.165, 1.54) is 54.2 Å². The van der Waals surface area contributed by atoms with Gasteiger partial charge < -0.3 is 10.2 Å². The smallest absolute Gasteiger partial charge is 0.185 e. The number of hydrogen-bond acceptors (Lipinski definition) is 4. The molecular formula is C17H31N3S. The minimum absolute atomic E-state index is 0.528. The van der Waals surface area contributed by atoms with Gasteiger partial charge in [-0.1, -0.05) is 46.5 Å². The maximum absolute atomic E-state index is 4.92. The van der Waals surface area contributed by atoms with Crippen LogP contribution in [0.15, 0.2) is 0 Å². The van der Waals surface area contributed by atoms with Gasteiger partial charge in [0.1, 0.15) is 0 Å². The van der Waals surface area contributed by atoms with E-state index in [1.807, 2.05) is 11.3 Å². The van der Waals surface area contributed by atoms with E-state index in [-0.39, 0.29) is 0 Å². The third kappa shape index (κ3) is 4.68. The first-order valence-corrected chi connectivity index (χ1v) is 9.38. The van der Waals surface area contributed by atoms with Crippen molar-refractivity contribution in [2.45, 2.75) is 84.3 Å². The molecule has 1 N–H and O–H groups in total. The molecule has 120 valence electrons. The van der Waals surface area contributed by atoms with Gasteiger partial charge >= 0.3 is 0 Å². The van der Waals surface area contributed by atoms with Crippen LogP contribution in [0.3, 0.4) is 0 Å². The number of nitrogens with zero attached hydrogens (tertiary/aromatic N) is 2. The Morgan fingerprint density at radius 2 is 1.90 bits per heavy atom. The molecule has 4 heteroatoms. The van der Waals surface area contributed by atoms with Crippen LogP contribution in [-0.2, 0) is 13.0 Å². The Balaban J connectivity index is 2.07. The summed E-state index contributed by atoms with van der Waals surface area (Å²) in [4.78, 5) is 8.79. The second kappa shape index (κ2) is 8.14. The molecule has 3 nitrogen and oxygen atoms in total. The Labute approximate surface area is 134 Å². The number of nitrogens with one attached hydrogen (secondary N) is 1. The molecule has 1 aromatic heterocycles. The van der Waals surface area contributed by atoms with E-state index in [1.54, 1.807) is 0 Å². The zero-order chi connectivity index (χ0) is 15.2. The monoisotopic (exact) mass is 309 g/mol. The van der Waals surface area contributed by atoms with Gasteiger partial charge in [-0.15, -0.1) is 11.3 Å². The van der Waals surface area contributed by atoms with E-state index < -0.39 is 0 Å². The normalized spacial score (nSPS) is 17.2. The predicted molar refractivity (Wildman–Crippen MR) is 93.4 cm³/mol. The van der Waals surface area contributed by atoms with Crippen LogP contribution < -0.4 is 10.2 Å². The molecule has 0 atom stereocenters. The fourth-order valence-corrected chi connectivity index (χ4v) is 4.17. The molecule has 1 fully saturated rings. The van der Waals surface area contributed by atoms with E-state index in [0.717, 1.165) is 13.0 Å². The van der Waals surface area contributed by atoms with Crippen molar-refractivity contribution in [3.63, 3.8) is 0 Å². The van der Waals surface area contributed by atoms with Crippen molar-refractivity contribution in [3.05, 3.63) is 10.6 Å². The summed E-state index contributed by atoms with van der Waals surface area (Å²) in [7, 11) is 2.24. The summed E-state index contributed by atoms with van der Waals surface area (Å²) in [5.74, 6) is 0. The van der Waals surface area contributed by atoms with Crippen LogP contribution in [0.25, 0.3) is 0 Å². The minimum Gasteiger partial charge on any atom is -0.348 e. The quantitative estimate of drug-likeness (QED) is 0.791. The van der Waals surface area contributed by atoms with E-state index >= 15 is 0 Å². The summed E-state index contributed by atoms with van der Waals surface area (Å²) in [6.07, 6.45) is 9.27. The molecule has 21 heavy (non-hydrogen) atoms. The molecule has 1 aliphatic carbocycles. The lowest BCUT2D eigenvalue weighted by molar-refractivity contribution is 0.552. The molecule has 0 aliphatic heterocycles. The Morgan fingerprint density at radius 1 is 1.24 bits per heavy atom. The average molecular weight is 310 g/mol. The van der Waals surface area contributed by atoms with Gasteiger partial charge in [0.05, 0.1) is 5.69 Å². The molecular weight excluding hydrogens is 278 g/mol. The molecule has 0 unspecified atom stereocenters. The van der Waals surface area contributed by atoms with Crippen molar-refractivity contribution in [3.8, 4) is 0 Å². The second-order valence-corrected chi connectivity index (χ2v) is 7.57. The second-order valence-electron chi connectivity index (χ2n) is 6.51. The molecule has 2 rings (SSSR count). The van der Waals surface area contributed by atoms with Gasteiger partial charge in [0.25, 0.3) is 0 Å². The van der Waals surface area contributed by atoms with Crippen LogP contribution in [0.1, 0.15) is 69.9 Å². The largest absolute Gasteiger partial charge is 0.348 e. The highest BCUT2D eigenvalue weighted by Crippen LogP contribution is 2.31. The molecule has 1 aromatic rings. The molecule has 1 aliphatic rings. The first-order valence-electron chi connectivity index (χ1n) is 8.56. The Bertz CT molecular complexity index is 420. The van der Waals surface area contributed by atoms with Crippen LogP contribution in [0.5, 0.6) is 0 Å². The highest BCUT2D eigenvalue weighted by Gasteiger charge is 2.21. The van der Waals surface area contributed by atoms with Crippen LogP contribution in [0.2, 0.25) is 0 Å². The van der Waals surface area contributed by atoms with Crippen LogP contribution in [-0.4, -0.2) is 24.1 Å². The number of aryl methyl sites for hydroxylation is 1. The Hall–Kier alpha value is -0.610. The minimum atomic E-state index is 0.528. The maximum atomic E-state index is 4.92. The third-order valence-corrected chi connectivity index (χ3v) is 5.64. The SMILES string of the molecule is CCc1nc(N(C)C2CCCCCC2)sc1CNC(C)C. The van der Waals surface area contributed by atoms with Gasteiger partial charge in [0, 0.05) is 30.6 Å². The predicted octanol–water partition coefficient (Wildman–Crippen LogP) is 4.36. The molecule has 0 bridgehead atoms. The van der Waals surface area contributed by atoms with E-state index in [0.29, 0.717) is 12.1 Å². The van der Waals surface area contributed by atoms with Crippen LogP contribution in [0, 0.1) is 0 Å². The van der Waals surface area contributed by atoms with Gasteiger partial charge in [-0.3, -0.25) is 0 Å². The van der Waals surface area contributed by atoms with Crippen molar-refractivity contribution in [1.29, 1.82) is 0 Å². The lowest BCUT2D eigenvalue weighted by atomic mass is 10.1. The molecule has 0 saturated heterocycles. The van der Waals surface area contributed by atoms with Crippen molar-refractivity contribution >= 4 is 16.5 Å². The maximum Gasteiger partial charge on any atom is 0.185 e. The summed E-state index contributed by atoms with van der Waals surface area (Å²) in [5.41, 5.74) is 1.28. The summed E-state index contributed by atoms with van der Waals surface area (Å²) >= 11 is 1.89. The zero-order valence-electron chi connectivity index (χ0n) is 14.1. The number of thiazole rings is 1. The molecule has 0 aromatic carbocycles. The van der Waals surface area contributed by atoms with E-state index in [4.69, 9.17) is 4.98 Å². The first kappa shape index (κ1) is 16.8. The van der Waals surface area contributed by atoms with Gasteiger partial charge in [-0.05, 0) is 19.3 Å². The Morgan fingerprint density at radius 3 is 2.48 bits per heavy atom. The lowest BCUT2D eigenvalue weighted by Gasteiger charge is -2.26. The Kier molecular flexibility index (Phi) is 6.49. The fraction of sp³-hybridized carbons (Fsp3) is 0.824. The van der Waals surface area contributed by atoms with Crippen molar-refractivity contribution in [2.75, 3.05) is 11.9 Å². The van der Waals surface area contributed by atoms with Gasteiger partial charge in [-0.2, -0.15) is 0 Å². The fourth-order valence-electron chi connectivity index (χ4n) is 3.03. The van der Waals surface area contributed by atoms with Crippen molar-refractivity contribution in [2.24, 2.45) is 0 Å². The van der Waals surface area contributed by atoms with Crippen LogP contribution in [0.4, 0.5) is 5.13 Å². The van der Waals surface area contributed by atoms with Crippen LogP contribution >= 0.6 is 11.3 Å². The van der Waals surface area contributed by atoms with E-state index in [9.17, 15) is 0 Å². The number of anilines is 1. The molecule has 1 heterocycles. The molecule has 0 spiro atoms. The van der Waals surface area contributed by atoms with E-state index in [2.05, 4.69) is 38.0 Å². The number of rotatable bonds is 6. The van der Waals surface area contributed by atoms with Crippen molar-refractivity contribution in [1.82, 2.24) is 10.3 Å². The highest BCUT2D eigenvalue weighted by molar-refractivity contribution is 7.15. The molecule has 0 amide bonds. The standard InChI is InChI=1S/C17H31N3S/c1-5-15-16(12-18-13(2)3)21-17(19-15)20(4)14-10-8-6-7-9-11-14/h13-14,18H,5-12H2,1-4H3. The summed E-state index contributed by atoms with van der Waals surface area (Å²) in [6.45, 7) is 7.57. The lowest BCUT2D eigenvalue weighted by Crippen LogP contribution is -2.30. The number of aromatic nitrogens is 1. The van der Waals surface area contributed by atoms with Gasteiger partial charge in [0.15, 0.2) is 5.13 Å². The highest BCUT2D eigenvalue weighted by atomic mass is 32.1. The summed E-state index contributed by atoms with van der Waals surface area (Å²) < 4.78 is 0. The summed E-state index contributed by atoms with van der Waals surface area (Å²) in [6, 6.07) is 1.22. The average Bonchev–Trinajstić information content (AvgIpc) is 2.68. The molecule has 1 saturated carbocycles. The third-order valence-electron chi connectivity index (χ3n) is 4.45. The topological polar surface area (TPSA) is 28.2 Å². The van der Waals surface area contributed by atoms with Gasteiger partial charge in [-0.25, -0.2) is 4.98 Å². The van der Waals surface area contributed by atoms with Crippen molar-refractivity contribution < 1.29 is 0 Å². The molecule has 0 radical (unpaired) electrons. The summed E-state index contributed by atoms with van der Waals surface area (Å²) in [5, 5.41) is 4.75. The zero-order valence-corrected chi connectivity index (χ0v) is 14.9. The van der Waals surface area contributed by atoms with Gasteiger partial charge in [0.2, 0.25) is 0 Å². The number of hydrogen-bond donors (Lipinski definition) is 1. The first-order chi connectivity index (χ1) is 10.1.